The van der Waals surface area contributed by atoms with Crippen molar-refractivity contribution in [2.45, 2.75) is 249 Å². The maximum atomic E-state index is 12.8. The molecule has 0 bridgehead atoms. The van der Waals surface area contributed by atoms with Crippen molar-refractivity contribution in [3.05, 3.63) is 36.5 Å². The number of unbranched alkanes of at least 4 members (excludes halogenated alkanes) is 23. The number of aliphatic hydroxyl groups is 5. The van der Waals surface area contributed by atoms with Crippen molar-refractivity contribution < 1.29 is 63.1 Å². The van der Waals surface area contributed by atoms with E-state index in [0.29, 0.717) is 12.8 Å². The van der Waals surface area contributed by atoms with Gasteiger partial charge in [-0.1, -0.05) is 179 Å². The normalized spacial score (nSPS) is 22.0. The molecule has 13 nitrogen and oxygen atoms in total. The van der Waals surface area contributed by atoms with Crippen molar-refractivity contribution in [3.8, 4) is 0 Å². The summed E-state index contributed by atoms with van der Waals surface area (Å²) in [4.78, 5) is 35.8. The first-order valence-corrected chi connectivity index (χ1v) is 26.3. The Labute approximate surface area is 380 Å². The number of esters is 2. The zero-order valence-electron chi connectivity index (χ0n) is 39.1. The predicted molar refractivity (Wildman–Crippen MR) is 249 cm³/mol. The Kier molecular flexibility index (Phi) is 36.8. The summed E-state index contributed by atoms with van der Waals surface area (Å²) in [6.07, 6.45) is 31.9. The van der Waals surface area contributed by atoms with E-state index < -0.39 is 75.7 Å². The van der Waals surface area contributed by atoms with Crippen LogP contribution in [-0.2, 0) is 32.7 Å². The molecule has 1 aliphatic rings. The average Bonchev–Trinajstić information content (AvgIpc) is 3.26. The highest BCUT2D eigenvalue weighted by Crippen LogP contribution is 2.47. The van der Waals surface area contributed by atoms with Crippen LogP contribution in [0.25, 0.3) is 0 Å². The van der Waals surface area contributed by atoms with Gasteiger partial charge in [0.15, 0.2) is 6.10 Å². The van der Waals surface area contributed by atoms with Crippen LogP contribution >= 0.6 is 7.82 Å². The van der Waals surface area contributed by atoms with Crippen LogP contribution in [-0.4, -0.2) is 98.3 Å². The summed E-state index contributed by atoms with van der Waals surface area (Å²) in [6.45, 7) is 3.27. The van der Waals surface area contributed by atoms with Crippen LogP contribution in [0.1, 0.15) is 206 Å². The fourth-order valence-corrected chi connectivity index (χ4v) is 8.44. The second-order valence-corrected chi connectivity index (χ2v) is 18.7. The van der Waals surface area contributed by atoms with E-state index in [4.69, 9.17) is 18.5 Å². The number of carbonyl (C=O) groups is 2. The van der Waals surface area contributed by atoms with E-state index >= 15 is 0 Å². The first kappa shape index (κ1) is 59.1. The molecule has 14 heteroatoms. The molecule has 6 N–H and O–H groups in total. The van der Waals surface area contributed by atoms with Crippen LogP contribution in [0.15, 0.2) is 36.5 Å². The molecule has 1 rings (SSSR count). The summed E-state index contributed by atoms with van der Waals surface area (Å²) < 4.78 is 33.6. The lowest BCUT2D eigenvalue weighted by atomic mass is 9.85. The van der Waals surface area contributed by atoms with E-state index in [-0.39, 0.29) is 12.8 Å². The number of hydrogen-bond acceptors (Lipinski definition) is 12. The van der Waals surface area contributed by atoms with E-state index in [2.05, 4.69) is 50.3 Å². The number of phosphoric ester groups is 1. The molecular formula is C49H89O13P. The molecule has 0 saturated heterocycles. The number of allylic oxidation sites excluding steroid dienone is 6. The molecule has 8 atom stereocenters. The first-order chi connectivity index (χ1) is 30.4. The molecule has 1 aliphatic carbocycles. The van der Waals surface area contributed by atoms with Crippen molar-refractivity contribution in [2.75, 3.05) is 13.2 Å². The van der Waals surface area contributed by atoms with E-state index in [1.54, 1.807) is 0 Å². The fourth-order valence-electron chi connectivity index (χ4n) is 7.47. The van der Waals surface area contributed by atoms with Gasteiger partial charge in [-0.05, 0) is 51.4 Å². The van der Waals surface area contributed by atoms with Gasteiger partial charge in [0.1, 0.15) is 43.2 Å². The van der Waals surface area contributed by atoms with E-state index in [9.17, 15) is 44.6 Å². The van der Waals surface area contributed by atoms with Gasteiger partial charge in [-0.3, -0.25) is 18.6 Å². The van der Waals surface area contributed by atoms with Crippen molar-refractivity contribution >= 4 is 19.8 Å². The largest absolute Gasteiger partial charge is 0.472 e. The van der Waals surface area contributed by atoms with Gasteiger partial charge in [0, 0.05) is 12.8 Å². The van der Waals surface area contributed by atoms with Crippen molar-refractivity contribution in [1.29, 1.82) is 0 Å². The smallest absolute Gasteiger partial charge is 0.462 e. The summed E-state index contributed by atoms with van der Waals surface area (Å²) in [7, 11) is -5.12. The molecule has 0 aliphatic heterocycles. The standard InChI is InChI=1S/C49H89O13P/c1-3-5-7-9-11-13-15-17-19-21-23-25-27-29-31-33-35-37-42(50)59-39-41(40-60-63(57,58)62-49-47(55)45(53)44(52)46(54)48(49)56)61-43(51)38-36-34-32-30-28-26-24-22-20-18-16-14-12-10-8-6-4-2/h11,13,17,19,23,25,41,44-49,52-56H,3-10,12,14-16,18,20-22,24,26-40H2,1-2H3,(H,57,58)/b13-11-,19-17-,25-23-/t41-,44?,45-,46?,47?,48?,49?/m1/s1. The van der Waals surface area contributed by atoms with Crippen molar-refractivity contribution in [2.24, 2.45) is 0 Å². The minimum atomic E-state index is -5.12. The number of carbonyl (C=O) groups excluding carboxylic acids is 2. The van der Waals surface area contributed by atoms with Gasteiger partial charge in [-0.2, -0.15) is 0 Å². The van der Waals surface area contributed by atoms with E-state index in [1.165, 1.54) is 96.3 Å². The third-order valence-electron chi connectivity index (χ3n) is 11.5. The van der Waals surface area contributed by atoms with Crippen LogP contribution in [0.2, 0.25) is 0 Å². The quantitative estimate of drug-likeness (QED) is 0.0146. The topological polar surface area (TPSA) is 210 Å². The van der Waals surface area contributed by atoms with Gasteiger partial charge in [0.25, 0.3) is 0 Å². The zero-order chi connectivity index (χ0) is 46.4. The lowest BCUT2D eigenvalue weighted by molar-refractivity contribution is -0.220. The molecule has 0 aromatic carbocycles. The van der Waals surface area contributed by atoms with E-state index in [1.807, 2.05) is 0 Å². The predicted octanol–water partition coefficient (Wildman–Crippen LogP) is 10.2. The molecule has 0 aromatic rings. The molecular weight excluding hydrogens is 827 g/mol. The molecule has 63 heavy (non-hydrogen) atoms. The molecule has 0 heterocycles. The Balaban J connectivity index is 2.44. The number of hydrogen-bond donors (Lipinski definition) is 6. The summed E-state index contributed by atoms with van der Waals surface area (Å²) in [5.74, 6) is -1.12. The van der Waals surface area contributed by atoms with Gasteiger partial charge in [0.05, 0.1) is 6.61 Å². The molecule has 0 radical (unpaired) electrons. The van der Waals surface area contributed by atoms with Gasteiger partial charge in [0.2, 0.25) is 0 Å². The third-order valence-corrected chi connectivity index (χ3v) is 12.5. The first-order valence-electron chi connectivity index (χ1n) is 24.8. The molecule has 0 amide bonds. The van der Waals surface area contributed by atoms with Gasteiger partial charge >= 0.3 is 19.8 Å². The molecule has 368 valence electrons. The third kappa shape index (κ3) is 31.6. The summed E-state index contributed by atoms with van der Waals surface area (Å²) in [5.41, 5.74) is 0. The Bertz CT molecular complexity index is 1240. The minimum absolute atomic E-state index is 0.0949. The monoisotopic (exact) mass is 917 g/mol. The summed E-state index contributed by atoms with van der Waals surface area (Å²) in [5, 5.41) is 50.2. The second-order valence-electron chi connectivity index (χ2n) is 17.3. The van der Waals surface area contributed by atoms with Crippen LogP contribution in [0.5, 0.6) is 0 Å². The number of aliphatic hydroxyl groups excluding tert-OH is 5. The van der Waals surface area contributed by atoms with Gasteiger partial charge in [-0.25, -0.2) is 4.57 Å². The van der Waals surface area contributed by atoms with Crippen molar-refractivity contribution in [1.82, 2.24) is 0 Å². The Hall–Kier alpha value is -1.93. The Morgan fingerprint density at radius 1 is 0.492 bits per heavy atom. The van der Waals surface area contributed by atoms with Crippen molar-refractivity contribution in [3.63, 3.8) is 0 Å². The second kappa shape index (κ2) is 39.3. The number of ether oxygens (including phenoxy) is 2. The maximum absolute atomic E-state index is 12.8. The average molecular weight is 917 g/mol. The SMILES string of the molecule is CCCCC/C=C\C/C=C\C/C=C\CCCCCCC(=O)OC[C@H](COP(=O)(O)OC1C(O)C(O)C(O)[C@@H](O)C1O)OC(=O)CCCCCCCCCCCCCCCCCCC. The molecule has 6 unspecified atom stereocenters. The lowest BCUT2D eigenvalue weighted by Crippen LogP contribution is -2.64. The summed E-state index contributed by atoms with van der Waals surface area (Å²) in [6, 6.07) is 0. The maximum Gasteiger partial charge on any atom is 0.472 e. The van der Waals surface area contributed by atoms with Crippen LogP contribution in [0.3, 0.4) is 0 Å². The lowest BCUT2D eigenvalue weighted by Gasteiger charge is -2.41. The van der Waals surface area contributed by atoms with Crippen LogP contribution in [0, 0.1) is 0 Å². The van der Waals surface area contributed by atoms with Crippen LogP contribution in [0.4, 0.5) is 0 Å². The van der Waals surface area contributed by atoms with E-state index in [0.717, 1.165) is 70.6 Å². The molecule has 0 aromatic heterocycles. The highest BCUT2D eigenvalue weighted by atomic mass is 31.2. The minimum Gasteiger partial charge on any atom is -0.462 e. The number of phosphoric acid groups is 1. The van der Waals surface area contributed by atoms with Gasteiger partial charge < -0.3 is 39.9 Å². The molecule has 0 spiro atoms. The molecule has 1 saturated carbocycles. The Morgan fingerprint density at radius 3 is 1.33 bits per heavy atom. The highest BCUT2D eigenvalue weighted by molar-refractivity contribution is 7.47. The number of rotatable bonds is 41. The summed E-state index contributed by atoms with van der Waals surface area (Å²) >= 11 is 0. The fraction of sp³-hybridized carbons (Fsp3) is 0.837. The molecule has 1 fully saturated rings. The highest BCUT2D eigenvalue weighted by Gasteiger charge is 2.51. The van der Waals surface area contributed by atoms with Gasteiger partial charge in [-0.15, -0.1) is 0 Å². The van der Waals surface area contributed by atoms with Crippen LogP contribution < -0.4 is 0 Å². The Morgan fingerprint density at radius 2 is 0.857 bits per heavy atom. The zero-order valence-corrected chi connectivity index (χ0v) is 40.0.